The van der Waals surface area contributed by atoms with Crippen LogP contribution in [-0.2, 0) is 14.3 Å². The molecule has 0 atom stereocenters. The minimum atomic E-state index is -4.77. The Hall–Kier alpha value is -3.86. The molecule has 0 bridgehead atoms. The van der Waals surface area contributed by atoms with E-state index in [0.717, 1.165) is 31.6 Å². The molecule has 3 aromatic rings. The van der Waals surface area contributed by atoms with Crippen molar-refractivity contribution in [1.82, 2.24) is 9.97 Å². The molecule has 0 radical (unpaired) electrons. The van der Waals surface area contributed by atoms with E-state index in [9.17, 15) is 18.0 Å². The molecule has 0 saturated carbocycles. The third kappa shape index (κ3) is 8.57. The number of rotatable bonds is 9. The number of benzene rings is 2. The Kier molecular flexibility index (Phi) is 9.14. The van der Waals surface area contributed by atoms with Crippen molar-refractivity contribution < 1.29 is 32.2 Å². The molecule has 214 valence electrons. The second kappa shape index (κ2) is 12.5. The van der Waals surface area contributed by atoms with Crippen molar-refractivity contribution in [2.24, 2.45) is 5.92 Å². The van der Waals surface area contributed by atoms with E-state index in [1.807, 2.05) is 56.0 Å². The molecule has 0 N–H and O–H groups in total. The summed E-state index contributed by atoms with van der Waals surface area (Å²) in [6, 6.07) is 15.0. The number of para-hydroxylation sites is 1. The summed E-state index contributed by atoms with van der Waals surface area (Å²) in [5, 5.41) is 0. The Bertz CT molecular complexity index is 1240. The number of hydrogen-bond donors (Lipinski definition) is 0. The van der Waals surface area contributed by atoms with E-state index < -0.39 is 12.0 Å². The van der Waals surface area contributed by atoms with Crippen LogP contribution in [0.25, 0.3) is 0 Å². The van der Waals surface area contributed by atoms with Crippen molar-refractivity contribution in [3.05, 3.63) is 67.0 Å². The number of alkyl halides is 3. The van der Waals surface area contributed by atoms with Gasteiger partial charge < -0.3 is 19.1 Å². The van der Waals surface area contributed by atoms with Crippen LogP contribution < -0.4 is 14.5 Å². The first-order valence-corrected chi connectivity index (χ1v) is 13.0. The third-order valence-corrected chi connectivity index (χ3v) is 6.11. The van der Waals surface area contributed by atoms with Gasteiger partial charge in [-0.05, 0) is 75.9 Å². The molecule has 40 heavy (non-hydrogen) atoms. The topological polar surface area (TPSA) is 77.0 Å². The number of piperidine rings is 1. The molecule has 4 rings (SSSR count). The highest BCUT2D eigenvalue weighted by atomic mass is 19.4. The molecule has 1 aliphatic rings. The normalized spacial score (nSPS) is 14.6. The molecule has 0 unspecified atom stereocenters. The molecule has 2 heterocycles. The Balaban J connectivity index is 1.43. The third-order valence-electron chi connectivity index (χ3n) is 6.11. The van der Waals surface area contributed by atoms with Crippen molar-refractivity contribution in [3.63, 3.8) is 0 Å². The zero-order chi connectivity index (χ0) is 28.8. The SMILES string of the molecule is CC(C)(C)OC(=O)COCC1CCN(c2cncc(N(c3ccccc3)c3ccc(OC(F)(F)F)cc3)n2)CC1. The number of aromatic nitrogens is 2. The Morgan fingerprint density at radius 3 is 2.25 bits per heavy atom. The lowest BCUT2D eigenvalue weighted by Gasteiger charge is -2.33. The van der Waals surface area contributed by atoms with Crippen LogP contribution in [0.2, 0.25) is 0 Å². The zero-order valence-corrected chi connectivity index (χ0v) is 22.7. The number of esters is 1. The molecule has 2 aromatic carbocycles. The summed E-state index contributed by atoms with van der Waals surface area (Å²) in [6.07, 6.45) is 0.283. The summed E-state index contributed by atoms with van der Waals surface area (Å²) >= 11 is 0. The maximum Gasteiger partial charge on any atom is 0.573 e. The second-order valence-electron chi connectivity index (χ2n) is 10.5. The molecule has 11 heteroatoms. The first kappa shape index (κ1) is 29.1. The van der Waals surface area contributed by atoms with E-state index in [0.29, 0.717) is 29.8 Å². The maximum absolute atomic E-state index is 12.6. The molecular weight excluding hydrogens is 525 g/mol. The fraction of sp³-hybridized carbons (Fsp3) is 0.414. The van der Waals surface area contributed by atoms with Gasteiger partial charge in [-0.2, -0.15) is 0 Å². The van der Waals surface area contributed by atoms with E-state index in [1.165, 1.54) is 12.1 Å². The van der Waals surface area contributed by atoms with Gasteiger partial charge in [0.25, 0.3) is 0 Å². The fourth-order valence-electron chi connectivity index (χ4n) is 4.40. The number of anilines is 4. The predicted octanol–water partition coefficient (Wildman–Crippen LogP) is 6.42. The lowest BCUT2D eigenvalue weighted by Crippen LogP contribution is -2.36. The van der Waals surface area contributed by atoms with Crippen LogP contribution in [0.4, 0.5) is 36.2 Å². The Morgan fingerprint density at radius 1 is 0.975 bits per heavy atom. The van der Waals surface area contributed by atoms with Gasteiger partial charge in [-0.1, -0.05) is 18.2 Å². The van der Waals surface area contributed by atoms with Crippen molar-refractivity contribution in [2.45, 2.75) is 45.6 Å². The predicted molar refractivity (Wildman–Crippen MR) is 145 cm³/mol. The lowest BCUT2D eigenvalue weighted by atomic mass is 9.98. The average Bonchev–Trinajstić information content (AvgIpc) is 2.89. The quantitative estimate of drug-likeness (QED) is 0.279. The van der Waals surface area contributed by atoms with Crippen LogP contribution in [0.1, 0.15) is 33.6 Å². The van der Waals surface area contributed by atoms with Gasteiger partial charge >= 0.3 is 12.3 Å². The van der Waals surface area contributed by atoms with Crippen molar-refractivity contribution in [3.8, 4) is 5.75 Å². The number of halogens is 3. The van der Waals surface area contributed by atoms with Crippen LogP contribution in [0, 0.1) is 5.92 Å². The highest BCUT2D eigenvalue weighted by Gasteiger charge is 2.31. The lowest BCUT2D eigenvalue weighted by molar-refractivity contribution is -0.274. The van der Waals surface area contributed by atoms with E-state index in [-0.39, 0.29) is 18.3 Å². The molecule has 1 aromatic heterocycles. The summed E-state index contributed by atoms with van der Waals surface area (Å²) in [7, 11) is 0. The van der Waals surface area contributed by atoms with Crippen LogP contribution in [0.5, 0.6) is 5.75 Å². The summed E-state index contributed by atoms with van der Waals surface area (Å²) in [5.74, 6) is 0.859. The highest BCUT2D eigenvalue weighted by Crippen LogP contribution is 2.35. The van der Waals surface area contributed by atoms with Gasteiger partial charge in [-0.25, -0.2) is 9.78 Å². The molecule has 1 aliphatic heterocycles. The molecule has 0 amide bonds. The van der Waals surface area contributed by atoms with E-state index >= 15 is 0 Å². The van der Waals surface area contributed by atoms with Gasteiger partial charge in [0.2, 0.25) is 0 Å². The van der Waals surface area contributed by atoms with Crippen LogP contribution in [-0.4, -0.2) is 54.2 Å². The molecule has 1 fully saturated rings. The van der Waals surface area contributed by atoms with Crippen LogP contribution >= 0.6 is 0 Å². The largest absolute Gasteiger partial charge is 0.573 e. The number of carbonyl (C=O) groups is 1. The van der Waals surface area contributed by atoms with Crippen molar-refractivity contribution in [1.29, 1.82) is 0 Å². The molecular formula is C29H33F3N4O4. The van der Waals surface area contributed by atoms with E-state index in [2.05, 4.69) is 14.6 Å². The number of carbonyl (C=O) groups excluding carboxylic acids is 1. The average molecular weight is 559 g/mol. The van der Waals surface area contributed by atoms with Crippen molar-refractivity contribution >= 4 is 29.0 Å². The smallest absolute Gasteiger partial charge is 0.458 e. The minimum Gasteiger partial charge on any atom is -0.458 e. The van der Waals surface area contributed by atoms with Crippen LogP contribution in [0.15, 0.2) is 67.0 Å². The molecule has 0 aliphatic carbocycles. The van der Waals surface area contributed by atoms with Gasteiger partial charge in [-0.3, -0.25) is 9.88 Å². The van der Waals surface area contributed by atoms with Gasteiger partial charge in [0.1, 0.15) is 23.8 Å². The first-order chi connectivity index (χ1) is 19.0. The fourth-order valence-corrected chi connectivity index (χ4v) is 4.40. The first-order valence-electron chi connectivity index (χ1n) is 13.0. The van der Waals surface area contributed by atoms with Crippen LogP contribution in [0.3, 0.4) is 0 Å². The second-order valence-corrected chi connectivity index (χ2v) is 10.5. The zero-order valence-electron chi connectivity index (χ0n) is 22.7. The molecule has 1 saturated heterocycles. The Labute approximate surface area is 231 Å². The molecule has 0 spiro atoms. The standard InChI is InChI=1S/C29H33F3N4O4/c1-28(2,3)40-27(37)20-38-19-21-13-15-35(16-14-21)25-17-33-18-26(34-25)36(22-7-5-4-6-8-22)23-9-11-24(12-10-23)39-29(30,31)32/h4-12,17-18,21H,13-16,19-20H2,1-3H3. The van der Waals surface area contributed by atoms with Gasteiger partial charge in [0, 0.05) is 24.5 Å². The van der Waals surface area contributed by atoms with Gasteiger partial charge in [0.05, 0.1) is 19.0 Å². The summed E-state index contributed by atoms with van der Waals surface area (Å²) in [6.45, 7) is 7.36. The number of nitrogens with zero attached hydrogens (tertiary/aromatic N) is 4. The Morgan fingerprint density at radius 2 is 1.62 bits per heavy atom. The summed E-state index contributed by atoms with van der Waals surface area (Å²) < 4.78 is 52.8. The monoisotopic (exact) mass is 558 g/mol. The van der Waals surface area contributed by atoms with E-state index in [1.54, 1.807) is 24.5 Å². The maximum atomic E-state index is 12.6. The van der Waals surface area contributed by atoms with Gasteiger partial charge in [-0.15, -0.1) is 13.2 Å². The number of hydrogen-bond acceptors (Lipinski definition) is 8. The van der Waals surface area contributed by atoms with Crippen molar-refractivity contribution in [2.75, 3.05) is 36.1 Å². The summed E-state index contributed by atoms with van der Waals surface area (Å²) in [4.78, 5) is 25.1. The molecule has 8 nitrogen and oxygen atoms in total. The highest BCUT2D eigenvalue weighted by molar-refractivity contribution is 5.74. The van der Waals surface area contributed by atoms with Gasteiger partial charge in [0.15, 0.2) is 5.82 Å². The van der Waals surface area contributed by atoms with E-state index in [4.69, 9.17) is 14.5 Å². The minimum absolute atomic E-state index is 0.0658. The number of ether oxygens (including phenoxy) is 3. The summed E-state index contributed by atoms with van der Waals surface area (Å²) in [5.41, 5.74) is 0.843.